The smallest absolute Gasteiger partial charge is 0.306 e. The van der Waals surface area contributed by atoms with Gasteiger partial charge in [0.05, 0.1) is 19.2 Å². The number of methoxy groups -OCH3 is 1. The van der Waals surface area contributed by atoms with Crippen molar-refractivity contribution >= 4 is 11.7 Å². The molecule has 278 valence electrons. The predicted octanol–water partition coefficient (Wildman–Crippen LogP) is 7.99. The maximum atomic E-state index is 12.9. The fourth-order valence-electron chi connectivity index (χ4n) is 5.76. The average Bonchev–Trinajstić information content (AvgIpc) is 3.21. The number of aryl methyl sites for hydroxylation is 1. The van der Waals surface area contributed by atoms with Gasteiger partial charge < -0.3 is 33.3 Å². The van der Waals surface area contributed by atoms with Crippen LogP contribution in [0.1, 0.15) is 42.6 Å². The van der Waals surface area contributed by atoms with Crippen LogP contribution in [0.4, 0.5) is 0 Å². The monoisotopic (exact) mass is 727 g/mol. The van der Waals surface area contributed by atoms with Crippen molar-refractivity contribution in [3.05, 3.63) is 150 Å². The van der Waals surface area contributed by atoms with Crippen molar-refractivity contribution in [2.24, 2.45) is 5.16 Å². The van der Waals surface area contributed by atoms with E-state index >= 15 is 0 Å². The van der Waals surface area contributed by atoms with E-state index in [1.807, 2.05) is 147 Å². The van der Waals surface area contributed by atoms with Crippen molar-refractivity contribution < 1.29 is 38.1 Å². The van der Waals surface area contributed by atoms with Crippen molar-refractivity contribution in [1.29, 1.82) is 0 Å². The lowest BCUT2D eigenvalue weighted by Crippen LogP contribution is -2.42. The van der Waals surface area contributed by atoms with Gasteiger partial charge in [-0.2, -0.15) is 0 Å². The van der Waals surface area contributed by atoms with Crippen LogP contribution in [0, 0.1) is 18.8 Å². The Balaban J connectivity index is 1.02. The molecule has 0 spiro atoms. The lowest BCUT2D eigenvalue weighted by atomic mass is 10.0. The zero-order chi connectivity index (χ0) is 37.5. The van der Waals surface area contributed by atoms with Gasteiger partial charge in [-0.3, -0.25) is 4.79 Å². The second kappa shape index (κ2) is 19.3. The predicted molar refractivity (Wildman–Crippen MR) is 207 cm³/mol. The Morgan fingerprint density at radius 3 is 2.00 bits per heavy atom. The normalized spacial score (nSPS) is 22.0. The number of esters is 1. The van der Waals surface area contributed by atoms with Crippen LogP contribution < -0.4 is 14.2 Å². The number of hydrogen-bond acceptors (Lipinski definition) is 9. The van der Waals surface area contributed by atoms with Gasteiger partial charge in [-0.1, -0.05) is 89.3 Å². The van der Waals surface area contributed by atoms with Crippen molar-refractivity contribution in [3.8, 4) is 29.1 Å². The van der Waals surface area contributed by atoms with Gasteiger partial charge in [0.25, 0.3) is 0 Å². The molecule has 0 bridgehead atoms. The first kappa shape index (κ1) is 37.9. The summed E-state index contributed by atoms with van der Waals surface area (Å²) < 4.78 is 36.1. The zero-order valence-electron chi connectivity index (χ0n) is 30.7. The molecule has 6 rings (SSSR count). The number of ether oxygens (including phenoxy) is 6. The highest BCUT2D eigenvalue weighted by Crippen LogP contribution is 2.29. The van der Waals surface area contributed by atoms with Gasteiger partial charge in [-0.15, -0.1) is 0 Å². The van der Waals surface area contributed by atoms with E-state index in [1.54, 1.807) is 7.11 Å². The van der Waals surface area contributed by atoms with Crippen LogP contribution in [-0.2, 0) is 23.8 Å². The van der Waals surface area contributed by atoms with Gasteiger partial charge in [0.1, 0.15) is 67.1 Å². The number of carbonyl (C=O) groups is 1. The molecule has 0 radical (unpaired) electrons. The van der Waals surface area contributed by atoms with E-state index in [0.29, 0.717) is 23.6 Å². The van der Waals surface area contributed by atoms with E-state index in [1.165, 1.54) is 0 Å². The van der Waals surface area contributed by atoms with Crippen LogP contribution in [0.3, 0.4) is 0 Å². The summed E-state index contributed by atoms with van der Waals surface area (Å²) in [4.78, 5) is 18.7. The molecule has 6 atom stereocenters. The largest absolute Gasteiger partial charge is 0.497 e. The van der Waals surface area contributed by atoms with E-state index in [4.69, 9.17) is 33.3 Å². The minimum absolute atomic E-state index is 0.000605. The minimum atomic E-state index is -0.564. The van der Waals surface area contributed by atoms with Gasteiger partial charge in [0.2, 0.25) is 0 Å². The molecule has 9 heteroatoms. The van der Waals surface area contributed by atoms with Crippen LogP contribution in [0.2, 0.25) is 0 Å². The molecular formula is C45H45NO8. The third-order valence-electron chi connectivity index (χ3n) is 8.77. The molecular weight excluding hydrogens is 682 g/mol. The van der Waals surface area contributed by atoms with E-state index in [-0.39, 0.29) is 31.7 Å². The summed E-state index contributed by atoms with van der Waals surface area (Å²) in [5, 5.41) is 4.29. The Kier molecular flexibility index (Phi) is 13.6. The summed E-state index contributed by atoms with van der Waals surface area (Å²) in [6.07, 6.45) is 5.60. The van der Waals surface area contributed by atoms with Crippen LogP contribution in [-0.4, -0.2) is 62.5 Å². The van der Waals surface area contributed by atoms with Gasteiger partial charge in [-0.05, 0) is 92.6 Å². The summed E-state index contributed by atoms with van der Waals surface area (Å²) in [7, 11) is 1.62. The number of oxime groups is 1. The number of rotatable bonds is 14. The van der Waals surface area contributed by atoms with E-state index in [2.05, 4.69) is 17.0 Å². The lowest BCUT2D eigenvalue weighted by molar-refractivity contribution is -0.151. The quantitative estimate of drug-likeness (QED) is 0.0425. The first-order chi connectivity index (χ1) is 26.4. The number of hydrogen-bond donors (Lipinski definition) is 0. The molecule has 4 aromatic carbocycles. The molecule has 0 fully saturated rings. The van der Waals surface area contributed by atoms with Gasteiger partial charge in [-0.25, -0.2) is 0 Å². The third kappa shape index (κ3) is 11.3. The third-order valence-corrected chi connectivity index (χ3v) is 8.77. The number of nitrogens with zero attached hydrogens (tertiary/aromatic N) is 1. The Morgan fingerprint density at radius 1 is 0.704 bits per heavy atom. The first-order valence-electron chi connectivity index (χ1n) is 18.1. The first-order valence-corrected chi connectivity index (χ1v) is 18.1. The molecule has 0 amide bonds. The molecule has 0 saturated heterocycles. The fraction of sp³-hybridized carbons (Fsp3) is 0.289. The van der Waals surface area contributed by atoms with E-state index in [0.717, 1.165) is 22.4 Å². The molecule has 9 nitrogen and oxygen atoms in total. The van der Waals surface area contributed by atoms with Crippen LogP contribution in [0.5, 0.6) is 17.2 Å². The molecule has 4 aromatic rings. The molecule has 0 aliphatic carbocycles. The maximum Gasteiger partial charge on any atom is 0.306 e. The molecule has 2 heterocycles. The molecule has 0 saturated carbocycles. The Labute approximate surface area is 317 Å². The van der Waals surface area contributed by atoms with Gasteiger partial charge >= 0.3 is 5.97 Å². The van der Waals surface area contributed by atoms with Crippen LogP contribution >= 0.6 is 0 Å². The second-order valence-electron chi connectivity index (χ2n) is 13.0. The summed E-state index contributed by atoms with van der Waals surface area (Å²) in [6, 6.07) is 34.8. The summed E-state index contributed by atoms with van der Waals surface area (Å²) in [5.74, 6) is 8.02. The van der Waals surface area contributed by atoms with E-state index in [9.17, 15) is 4.79 Å². The molecule has 54 heavy (non-hydrogen) atoms. The second-order valence-corrected chi connectivity index (χ2v) is 13.0. The summed E-state index contributed by atoms with van der Waals surface area (Å²) >= 11 is 0. The van der Waals surface area contributed by atoms with Crippen molar-refractivity contribution in [2.45, 2.75) is 63.3 Å². The summed E-state index contributed by atoms with van der Waals surface area (Å²) in [6.45, 7) is 3.97. The van der Waals surface area contributed by atoms with Gasteiger partial charge in [0, 0.05) is 5.56 Å². The Bertz CT molecular complexity index is 1930. The average molecular weight is 728 g/mol. The van der Waals surface area contributed by atoms with Crippen molar-refractivity contribution in [2.75, 3.05) is 20.3 Å². The van der Waals surface area contributed by atoms with Crippen LogP contribution in [0.15, 0.2) is 139 Å². The molecule has 2 aliphatic rings. The van der Waals surface area contributed by atoms with E-state index < -0.39 is 30.5 Å². The SMILES string of the molecule is COc1ccc(O[C@H]2C=C[C@@H](c3ccccc3)O[C@H]2CO/N=C(/C)CCC(=O)OC[C@@H]2O[C@H](C#Cc3ccccc3)C=C[C@@H]2Oc2ccc(C)cc2)cc1. The molecule has 0 aromatic heterocycles. The zero-order valence-corrected chi connectivity index (χ0v) is 30.7. The Morgan fingerprint density at radius 2 is 1.31 bits per heavy atom. The highest BCUT2D eigenvalue weighted by molar-refractivity contribution is 5.85. The Hall–Kier alpha value is -5.82. The topological polar surface area (TPSA) is 94.0 Å². The highest BCUT2D eigenvalue weighted by atomic mass is 16.6. The molecule has 0 N–H and O–H groups in total. The highest BCUT2D eigenvalue weighted by Gasteiger charge is 2.31. The number of carbonyl (C=O) groups excluding carboxylic acids is 1. The number of benzene rings is 4. The standard InChI is InChI=1S/C45H45NO8/c1-32-14-18-37(19-15-32)51-41-26-25-38(20-17-34-10-6-4-7-11-34)53-43(41)30-49-45(47)29-16-33(2)46-50-31-44-42(52-39-23-21-36(48-3)22-24-39)28-27-40(54-44)35-12-8-5-9-13-35/h4-15,18-19,21-28,38,40-44H,16,29-31H2,1-3H3/b46-33-/t38-,40+,41+,42+,43+,44+/m1/s1. The molecule has 0 unspecified atom stereocenters. The van der Waals surface area contributed by atoms with Crippen molar-refractivity contribution in [1.82, 2.24) is 0 Å². The van der Waals surface area contributed by atoms with Crippen molar-refractivity contribution in [3.63, 3.8) is 0 Å². The summed E-state index contributed by atoms with van der Waals surface area (Å²) in [5.41, 5.74) is 3.68. The van der Waals surface area contributed by atoms with Crippen LogP contribution in [0.25, 0.3) is 0 Å². The fourth-order valence-corrected chi connectivity index (χ4v) is 5.76. The molecule has 2 aliphatic heterocycles. The minimum Gasteiger partial charge on any atom is -0.497 e. The lowest BCUT2D eigenvalue weighted by Gasteiger charge is -2.32. The van der Waals surface area contributed by atoms with Gasteiger partial charge in [0.15, 0.2) is 0 Å². The maximum absolute atomic E-state index is 12.9.